The maximum atomic E-state index is 11.4. The lowest BCUT2D eigenvalue weighted by atomic mass is 10.3. The summed E-state index contributed by atoms with van der Waals surface area (Å²) in [5.41, 5.74) is 0.688. The SMILES string of the molecule is C[N+](C)(C)CC#CCOC(=O)Nc1ccc(Br)cc1. The number of carbonyl (C=O) groups is 1. The fraction of sp³-hybridized carbons (Fsp3) is 0.357. The molecule has 0 aromatic heterocycles. The van der Waals surface area contributed by atoms with Crippen LogP contribution in [0, 0.1) is 11.8 Å². The largest absolute Gasteiger partial charge is 0.436 e. The highest BCUT2D eigenvalue weighted by molar-refractivity contribution is 9.10. The van der Waals surface area contributed by atoms with Crippen LogP contribution in [0.1, 0.15) is 0 Å². The molecule has 0 saturated heterocycles. The van der Waals surface area contributed by atoms with Crippen molar-refractivity contribution in [2.24, 2.45) is 0 Å². The molecular formula is C14H18BrN2O2+. The number of amides is 1. The zero-order chi connectivity index (χ0) is 14.3. The van der Waals surface area contributed by atoms with Gasteiger partial charge < -0.3 is 9.22 Å². The van der Waals surface area contributed by atoms with Gasteiger partial charge >= 0.3 is 6.09 Å². The maximum Gasteiger partial charge on any atom is 0.412 e. The summed E-state index contributed by atoms with van der Waals surface area (Å²) in [5.74, 6) is 5.77. The van der Waals surface area contributed by atoms with Crippen molar-refractivity contribution in [2.75, 3.05) is 39.6 Å². The highest BCUT2D eigenvalue weighted by Gasteiger charge is 2.03. The second-order valence-corrected chi connectivity index (χ2v) is 5.93. The van der Waals surface area contributed by atoms with Gasteiger partial charge in [0.25, 0.3) is 0 Å². The molecule has 102 valence electrons. The van der Waals surface area contributed by atoms with Crippen molar-refractivity contribution in [3.63, 3.8) is 0 Å². The minimum absolute atomic E-state index is 0.0996. The van der Waals surface area contributed by atoms with Crippen LogP contribution in [0.15, 0.2) is 28.7 Å². The predicted octanol–water partition coefficient (Wildman–Crippen LogP) is 2.71. The third-order valence-electron chi connectivity index (χ3n) is 2.04. The number of rotatable bonds is 3. The molecule has 1 amide bonds. The molecule has 1 aromatic carbocycles. The van der Waals surface area contributed by atoms with Crippen molar-refractivity contribution in [3.05, 3.63) is 28.7 Å². The van der Waals surface area contributed by atoms with Gasteiger partial charge in [-0.25, -0.2) is 4.79 Å². The first-order chi connectivity index (χ1) is 8.87. The number of carbonyl (C=O) groups excluding carboxylic acids is 1. The number of halogens is 1. The van der Waals surface area contributed by atoms with Crippen LogP contribution in [-0.2, 0) is 4.74 Å². The molecule has 0 atom stereocenters. The first kappa shape index (κ1) is 15.5. The van der Waals surface area contributed by atoms with E-state index in [-0.39, 0.29) is 6.61 Å². The van der Waals surface area contributed by atoms with Crippen molar-refractivity contribution in [3.8, 4) is 11.8 Å². The van der Waals surface area contributed by atoms with Crippen LogP contribution < -0.4 is 5.32 Å². The van der Waals surface area contributed by atoms with Gasteiger partial charge in [-0.15, -0.1) is 0 Å². The quantitative estimate of drug-likeness (QED) is 0.685. The van der Waals surface area contributed by atoms with Crippen LogP contribution in [0.25, 0.3) is 0 Å². The molecule has 0 bridgehead atoms. The van der Waals surface area contributed by atoms with Crippen LogP contribution in [0.2, 0.25) is 0 Å². The van der Waals surface area contributed by atoms with E-state index in [2.05, 4.69) is 54.2 Å². The Morgan fingerprint density at radius 1 is 1.26 bits per heavy atom. The van der Waals surface area contributed by atoms with E-state index >= 15 is 0 Å². The van der Waals surface area contributed by atoms with Crippen molar-refractivity contribution in [1.82, 2.24) is 0 Å². The molecule has 0 aliphatic heterocycles. The molecule has 0 fully saturated rings. The van der Waals surface area contributed by atoms with Gasteiger partial charge in [0.1, 0.15) is 6.54 Å². The first-order valence-electron chi connectivity index (χ1n) is 5.82. The number of nitrogens with one attached hydrogen (secondary N) is 1. The summed E-state index contributed by atoms with van der Waals surface area (Å²) in [6.45, 7) is 0.819. The molecular weight excluding hydrogens is 308 g/mol. The smallest absolute Gasteiger partial charge is 0.412 e. The van der Waals surface area contributed by atoms with Crippen LogP contribution >= 0.6 is 15.9 Å². The van der Waals surface area contributed by atoms with E-state index < -0.39 is 6.09 Å². The molecule has 0 aliphatic rings. The Bertz CT molecular complexity index is 481. The molecule has 0 aliphatic carbocycles. The number of ether oxygens (including phenoxy) is 1. The maximum absolute atomic E-state index is 11.4. The van der Waals surface area contributed by atoms with Crippen molar-refractivity contribution < 1.29 is 14.0 Å². The number of hydrogen-bond donors (Lipinski definition) is 1. The molecule has 4 nitrogen and oxygen atoms in total. The van der Waals surface area contributed by atoms with E-state index in [0.717, 1.165) is 15.5 Å². The Labute approximate surface area is 122 Å². The summed E-state index contributed by atoms with van der Waals surface area (Å²) in [4.78, 5) is 11.4. The molecule has 1 aromatic rings. The Morgan fingerprint density at radius 3 is 2.47 bits per heavy atom. The Balaban J connectivity index is 2.30. The molecule has 19 heavy (non-hydrogen) atoms. The molecule has 0 saturated carbocycles. The lowest BCUT2D eigenvalue weighted by Gasteiger charge is -2.19. The fourth-order valence-electron chi connectivity index (χ4n) is 1.13. The molecule has 0 heterocycles. The van der Waals surface area contributed by atoms with Gasteiger partial charge in [0.2, 0.25) is 0 Å². The Kier molecular flexibility index (Phi) is 5.87. The van der Waals surface area contributed by atoms with Crippen LogP contribution in [0.3, 0.4) is 0 Å². The van der Waals surface area contributed by atoms with E-state index in [1.165, 1.54) is 0 Å². The Hall–Kier alpha value is -1.51. The Morgan fingerprint density at radius 2 is 1.89 bits per heavy atom. The van der Waals surface area contributed by atoms with Crippen LogP contribution in [0.5, 0.6) is 0 Å². The van der Waals surface area contributed by atoms with Crippen molar-refractivity contribution in [2.45, 2.75) is 0 Å². The normalized spacial score (nSPS) is 10.3. The zero-order valence-corrected chi connectivity index (χ0v) is 13.0. The van der Waals surface area contributed by atoms with Crippen molar-refractivity contribution >= 4 is 27.7 Å². The number of quaternary nitrogens is 1. The lowest BCUT2D eigenvalue weighted by molar-refractivity contribution is -0.862. The summed E-state index contributed by atoms with van der Waals surface area (Å²) in [7, 11) is 6.15. The summed E-state index contributed by atoms with van der Waals surface area (Å²) in [6.07, 6.45) is -0.498. The number of hydrogen-bond acceptors (Lipinski definition) is 2. The van der Waals surface area contributed by atoms with Gasteiger partial charge in [0.05, 0.1) is 21.1 Å². The molecule has 5 heteroatoms. The van der Waals surface area contributed by atoms with Crippen molar-refractivity contribution in [1.29, 1.82) is 0 Å². The number of nitrogens with zero attached hydrogens (tertiary/aromatic N) is 1. The third kappa shape index (κ3) is 7.50. The van der Waals surface area contributed by atoms with E-state index in [1.54, 1.807) is 12.1 Å². The molecule has 0 unspecified atom stereocenters. The minimum atomic E-state index is -0.498. The molecule has 0 spiro atoms. The van der Waals surface area contributed by atoms with E-state index in [0.29, 0.717) is 5.69 Å². The fourth-order valence-corrected chi connectivity index (χ4v) is 1.40. The second-order valence-electron chi connectivity index (χ2n) is 5.01. The minimum Gasteiger partial charge on any atom is -0.436 e. The zero-order valence-electron chi connectivity index (χ0n) is 11.4. The van der Waals surface area contributed by atoms with Gasteiger partial charge in [0, 0.05) is 10.2 Å². The van der Waals surface area contributed by atoms with E-state index in [1.807, 2.05) is 12.1 Å². The summed E-state index contributed by atoms with van der Waals surface area (Å²) >= 11 is 3.32. The average Bonchev–Trinajstić information content (AvgIpc) is 2.30. The van der Waals surface area contributed by atoms with Gasteiger partial charge in [0.15, 0.2) is 6.61 Å². The summed E-state index contributed by atoms with van der Waals surface area (Å²) < 4.78 is 6.67. The summed E-state index contributed by atoms with van der Waals surface area (Å²) in [5, 5.41) is 2.62. The van der Waals surface area contributed by atoms with Gasteiger partial charge in [-0.1, -0.05) is 21.9 Å². The first-order valence-corrected chi connectivity index (χ1v) is 6.62. The molecule has 1 rings (SSSR count). The van der Waals surface area contributed by atoms with Gasteiger partial charge in [-0.05, 0) is 30.2 Å². The topological polar surface area (TPSA) is 38.3 Å². The molecule has 1 N–H and O–H groups in total. The highest BCUT2D eigenvalue weighted by atomic mass is 79.9. The van der Waals surface area contributed by atoms with E-state index in [9.17, 15) is 4.79 Å². The summed E-state index contributed by atoms with van der Waals surface area (Å²) in [6, 6.07) is 7.26. The highest BCUT2D eigenvalue weighted by Crippen LogP contribution is 2.14. The average molecular weight is 326 g/mol. The second kappa shape index (κ2) is 7.17. The van der Waals surface area contributed by atoms with Gasteiger partial charge in [-0.3, -0.25) is 5.32 Å². The van der Waals surface area contributed by atoms with Crippen LogP contribution in [-0.4, -0.2) is 44.9 Å². The van der Waals surface area contributed by atoms with Gasteiger partial charge in [-0.2, -0.15) is 0 Å². The third-order valence-corrected chi connectivity index (χ3v) is 2.57. The monoisotopic (exact) mass is 325 g/mol. The predicted molar refractivity (Wildman–Crippen MR) is 79.8 cm³/mol. The van der Waals surface area contributed by atoms with E-state index in [4.69, 9.17) is 4.74 Å². The standard InChI is InChI=1S/C14H17BrN2O2/c1-17(2,3)10-4-5-11-19-14(18)16-13-8-6-12(15)7-9-13/h6-9H,10-11H2,1-3H3/p+1. The lowest BCUT2D eigenvalue weighted by Crippen LogP contribution is -2.34. The number of benzene rings is 1. The van der Waals surface area contributed by atoms with Crippen LogP contribution in [0.4, 0.5) is 10.5 Å². The molecule has 0 radical (unpaired) electrons. The number of anilines is 1.